The van der Waals surface area contributed by atoms with Gasteiger partial charge in [-0.15, -0.1) is 0 Å². The van der Waals surface area contributed by atoms with Crippen molar-refractivity contribution in [2.24, 2.45) is 0 Å². The normalized spacial score (nSPS) is 15.2. The van der Waals surface area contributed by atoms with Crippen LogP contribution in [0.2, 0.25) is 0 Å². The molecular formula is C13H22N4O. The predicted octanol–water partition coefficient (Wildman–Crippen LogP) is 1.65. The Morgan fingerprint density at radius 3 is 2.89 bits per heavy atom. The van der Waals surface area contributed by atoms with Gasteiger partial charge in [-0.2, -0.15) is 0 Å². The molecule has 1 aliphatic carbocycles. The van der Waals surface area contributed by atoms with Crippen molar-refractivity contribution in [1.29, 1.82) is 0 Å². The van der Waals surface area contributed by atoms with Crippen LogP contribution < -0.4 is 10.2 Å². The Balaban J connectivity index is 2.08. The fourth-order valence-electron chi connectivity index (χ4n) is 2.12. The molecule has 0 spiro atoms. The minimum Gasteiger partial charge on any atom is -0.395 e. The molecule has 0 aromatic carbocycles. The smallest absolute Gasteiger partial charge is 0.149 e. The fourth-order valence-corrected chi connectivity index (χ4v) is 2.12. The van der Waals surface area contributed by atoms with Gasteiger partial charge in [0.1, 0.15) is 11.6 Å². The van der Waals surface area contributed by atoms with Crippen LogP contribution in [0, 0.1) is 0 Å². The highest BCUT2D eigenvalue weighted by Gasteiger charge is 2.25. The molecular weight excluding hydrogens is 228 g/mol. The summed E-state index contributed by atoms with van der Waals surface area (Å²) in [6, 6.07) is 0.521. The van der Waals surface area contributed by atoms with Gasteiger partial charge in [0.05, 0.1) is 19.0 Å². The molecule has 0 unspecified atom stereocenters. The van der Waals surface area contributed by atoms with Crippen LogP contribution in [0.25, 0.3) is 0 Å². The monoisotopic (exact) mass is 250 g/mol. The Bertz CT molecular complexity index is 368. The number of aliphatic hydroxyl groups is 1. The maximum Gasteiger partial charge on any atom is 0.149 e. The minimum absolute atomic E-state index is 0.158. The molecule has 2 N–H and O–H groups in total. The number of hydrogen-bond acceptors (Lipinski definition) is 5. The molecule has 0 amide bonds. The average molecular weight is 250 g/mol. The summed E-state index contributed by atoms with van der Waals surface area (Å²) in [4.78, 5) is 11.0. The van der Waals surface area contributed by atoms with E-state index in [-0.39, 0.29) is 6.61 Å². The average Bonchev–Trinajstić information content (AvgIpc) is 2.34. The second-order valence-electron chi connectivity index (χ2n) is 4.69. The Morgan fingerprint density at radius 1 is 1.44 bits per heavy atom. The molecule has 100 valence electrons. The van der Waals surface area contributed by atoms with E-state index in [1.54, 1.807) is 12.4 Å². The van der Waals surface area contributed by atoms with E-state index in [0.717, 1.165) is 24.6 Å². The first-order valence-corrected chi connectivity index (χ1v) is 6.78. The Labute approximate surface area is 108 Å². The Hall–Kier alpha value is -1.36. The van der Waals surface area contributed by atoms with E-state index in [1.165, 1.54) is 19.3 Å². The molecule has 0 atom stereocenters. The van der Waals surface area contributed by atoms with Gasteiger partial charge >= 0.3 is 0 Å². The van der Waals surface area contributed by atoms with Gasteiger partial charge in [0.15, 0.2) is 0 Å². The SMILES string of the molecule is CCCNc1cncc(N(CCO)C2CCC2)n1. The zero-order valence-electron chi connectivity index (χ0n) is 11.0. The van der Waals surface area contributed by atoms with Gasteiger partial charge in [0, 0.05) is 19.1 Å². The number of aromatic nitrogens is 2. The summed E-state index contributed by atoms with van der Waals surface area (Å²) in [6.45, 7) is 3.82. The van der Waals surface area contributed by atoms with Crippen molar-refractivity contribution >= 4 is 11.6 Å². The topological polar surface area (TPSA) is 61.3 Å². The number of rotatable bonds is 7. The molecule has 5 nitrogen and oxygen atoms in total. The van der Waals surface area contributed by atoms with Crippen LogP contribution in [0.3, 0.4) is 0 Å². The summed E-state index contributed by atoms with van der Waals surface area (Å²) < 4.78 is 0. The lowest BCUT2D eigenvalue weighted by atomic mass is 9.91. The molecule has 18 heavy (non-hydrogen) atoms. The number of nitrogens with zero attached hydrogens (tertiary/aromatic N) is 3. The van der Waals surface area contributed by atoms with E-state index in [9.17, 15) is 5.11 Å². The lowest BCUT2D eigenvalue weighted by Gasteiger charge is -2.38. The molecule has 0 radical (unpaired) electrons. The molecule has 0 bridgehead atoms. The van der Waals surface area contributed by atoms with E-state index in [2.05, 4.69) is 27.1 Å². The van der Waals surface area contributed by atoms with Crippen LogP contribution in [0.1, 0.15) is 32.6 Å². The van der Waals surface area contributed by atoms with E-state index in [0.29, 0.717) is 12.6 Å². The molecule has 1 aromatic rings. The quantitative estimate of drug-likeness (QED) is 0.770. The maximum atomic E-state index is 9.17. The van der Waals surface area contributed by atoms with Crippen LogP contribution in [-0.4, -0.2) is 40.8 Å². The van der Waals surface area contributed by atoms with Crippen molar-refractivity contribution in [2.45, 2.75) is 38.6 Å². The number of anilines is 2. The summed E-state index contributed by atoms with van der Waals surface area (Å²) in [6.07, 6.45) is 8.24. The Morgan fingerprint density at radius 2 is 2.28 bits per heavy atom. The van der Waals surface area contributed by atoms with Crippen molar-refractivity contribution in [3.8, 4) is 0 Å². The molecule has 1 heterocycles. The van der Waals surface area contributed by atoms with Gasteiger partial charge in [0.25, 0.3) is 0 Å². The first kappa shape index (κ1) is 13.1. The third-order valence-corrected chi connectivity index (χ3v) is 3.33. The second kappa shape index (κ2) is 6.54. The molecule has 2 rings (SSSR count). The summed E-state index contributed by atoms with van der Waals surface area (Å²) in [5.41, 5.74) is 0. The van der Waals surface area contributed by atoms with Crippen molar-refractivity contribution in [3.63, 3.8) is 0 Å². The molecule has 1 aliphatic rings. The fraction of sp³-hybridized carbons (Fsp3) is 0.692. The van der Waals surface area contributed by atoms with Gasteiger partial charge in [-0.1, -0.05) is 6.92 Å². The zero-order chi connectivity index (χ0) is 12.8. The van der Waals surface area contributed by atoms with E-state index >= 15 is 0 Å². The van der Waals surface area contributed by atoms with Gasteiger partial charge < -0.3 is 15.3 Å². The highest BCUT2D eigenvalue weighted by atomic mass is 16.3. The second-order valence-corrected chi connectivity index (χ2v) is 4.69. The number of hydrogen-bond donors (Lipinski definition) is 2. The summed E-state index contributed by atoms with van der Waals surface area (Å²) in [7, 11) is 0. The first-order valence-electron chi connectivity index (χ1n) is 6.78. The highest BCUT2D eigenvalue weighted by molar-refractivity contribution is 5.45. The zero-order valence-corrected chi connectivity index (χ0v) is 11.0. The predicted molar refractivity (Wildman–Crippen MR) is 72.9 cm³/mol. The molecule has 1 fully saturated rings. The van der Waals surface area contributed by atoms with Crippen LogP contribution in [-0.2, 0) is 0 Å². The van der Waals surface area contributed by atoms with Crippen LogP contribution in [0.5, 0.6) is 0 Å². The van der Waals surface area contributed by atoms with E-state index < -0.39 is 0 Å². The molecule has 1 saturated carbocycles. The largest absolute Gasteiger partial charge is 0.395 e. The van der Waals surface area contributed by atoms with Crippen LogP contribution >= 0.6 is 0 Å². The third-order valence-electron chi connectivity index (χ3n) is 3.33. The van der Waals surface area contributed by atoms with Gasteiger partial charge in [0.2, 0.25) is 0 Å². The van der Waals surface area contributed by atoms with Gasteiger partial charge in [-0.3, -0.25) is 4.98 Å². The standard InChI is InChI=1S/C13H22N4O/c1-2-6-15-12-9-14-10-13(16-12)17(7-8-18)11-4-3-5-11/h9-11,18H,2-8H2,1H3,(H,15,16). The lowest BCUT2D eigenvalue weighted by Crippen LogP contribution is -2.42. The summed E-state index contributed by atoms with van der Waals surface area (Å²) in [5, 5.41) is 12.4. The van der Waals surface area contributed by atoms with Crippen molar-refractivity contribution in [2.75, 3.05) is 29.9 Å². The lowest BCUT2D eigenvalue weighted by molar-refractivity contribution is 0.283. The van der Waals surface area contributed by atoms with E-state index in [4.69, 9.17) is 0 Å². The summed E-state index contributed by atoms with van der Waals surface area (Å²) >= 11 is 0. The summed E-state index contributed by atoms with van der Waals surface area (Å²) in [5.74, 6) is 1.69. The van der Waals surface area contributed by atoms with Crippen molar-refractivity contribution in [1.82, 2.24) is 9.97 Å². The molecule has 0 aliphatic heterocycles. The van der Waals surface area contributed by atoms with Gasteiger partial charge in [-0.25, -0.2) is 4.98 Å². The van der Waals surface area contributed by atoms with Crippen molar-refractivity contribution in [3.05, 3.63) is 12.4 Å². The van der Waals surface area contributed by atoms with Crippen LogP contribution in [0.4, 0.5) is 11.6 Å². The number of aliphatic hydroxyl groups excluding tert-OH is 1. The molecule has 1 aromatic heterocycles. The molecule has 0 saturated heterocycles. The maximum absolute atomic E-state index is 9.17. The van der Waals surface area contributed by atoms with Crippen LogP contribution in [0.15, 0.2) is 12.4 Å². The highest BCUT2D eigenvalue weighted by Crippen LogP contribution is 2.28. The Kier molecular flexibility index (Phi) is 4.75. The molecule has 5 heteroatoms. The van der Waals surface area contributed by atoms with Gasteiger partial charge in [-0.05, 0) is 25.7 Å². The van der Waals surface area contributed by atoms with E-state index in [1.807, 2.05) is 0 Å². The minimum atomic E-state index is 0.158. The first-order chi connectivity index (χ1) is 8.85. The number of nitrogens with one attached hydrogen (secondary N) is 1. The van der Waals surface area contributed by atoms with Crippen molar-refractivity contribution < 1.29 is 5.11 Å². The third kappa shape index (κ3) is 3.10.